The van der Waals surface area contributed by atoms with Crippen molar-refractivity contribution >= 4 is 15.9 Å². The number of carbonyl (C=O) groups excluding carboxylic acids is 1. The van der Waals surface area contributed by atoms with Crippen LogP contribution in [0.25, 0.3) is 0 Å². The summed E-state index contributed by atoms with van der Waals surface area (Å²) in [5.41, 5.74) is 1.19. The third-order valence-electron chi connectivity index (χ3n) is 4.68. The van der Waals surface area contributed by atoms with Gasteiger partial charge in [-0.3, -0.25) is 4.79 Å². The third kappa shape index (κ3) is 5.44. The molecule has 0 bridgehead atoms. The zero-order valence-corrected chi connectivity index (χ0v) is 18.3. The van der Waals surface area contributed by atoms with Crippen molar-refractivity contribution < 1.29 is 27.1 Å². The maximum atomic E-state index is 12.8. The van der Waals surface area contributed by atoms with Crippen LogP contribution in [0.3, 0.4) is 0 Å². The van der Waals surface area contributed by atoms with Gasteiger partial charge >= 0.3 is 0 Å². The molecule has 0 saturated carbocycles. The zero-order valence-electron chi connectivity index (χ0n) is 17.5. The first kappa shape index (κ1) is 22.4. The molecule has 3 aromatic rings. The van der Waals surface area contributed by atoms with Gasteiger partial charge in [0.1, 0.15) is 17.3 Å². The average Bonchev–Trinajstić information content (AvgIpc) is 3.31. The molecule has 31 heavy (non-hydrogen) atoms. The van der Waals surface area contributed by atoms with Gasteiger partial charge in [-0.1, -0.05) is 0 Å². The fourth-order valence-corrected chi connectivity index (χ4v) is 3.96. The van der Waals surface area contributed by atoms with Crippen LogP contribution in [-0.4, -0.2) is 40.5 Å². The van der Waals surface area contributed by atoms with Crippen molar-refractivity contribution in [2.45, 2.75) is 18.0 Å². The van der Waals surface area contributed by atoms with Crippen LogP contribution in [0.4, 0.5) is 0 Å². The predicted octanol–water partition coefficient (Wildman–Crippen LogP) is 3.05. The van der Waals surface area contributed by atoms with E-state index in [9.17, 15) is 13.2 Å². The third-order valence-corrected chi connectivity index (χ3v) is 6.09. The molecule has 0 aliphatic heterocycles. The number of ether oxygens (including phenoxy) is 2. The molecule has 1 aromatic heterocycles. The number of hydrogen-bond donors (Lipinski definition) is 1. The monoisotopic (exact) mass is 444 g/mol. The summed E-state index contributed by atoms with van der Waals surface area (Å²) >= 11 is 0. The lowest BCUT2D eigenvalue weighted by molar-refractivity contribution is 0.0784. The maximum Gasteiger partial charge on any atom is 0.253 e. The molecule has 0 atom stereocenters. The molecule has 3 rings (SSSR count). The number of rotatable bonds is 9. The van der Waals surface area contributed by atoms with Gasteiger partial charge in [0.05, 0.1) is 31.9 Å². The first-order chi connectivity index (χ1) is 14.8. The minimum atomic E-state index is -3.73. The molecule has 1 N–H and O–H groups in total. The summed E-state index contributed by atoms with van der Waals surface area (Å²) in [7, 11) is 1.07. The highest BCUT2D eigenvalue weighted by Crippen LogP contribution is 2.26. The molecule has 0 radical (unpaired) electrons. The van der Waals surface area contributed by atoms with Gasteiger partial charge in [-0.05, 0) is 48.5 Å². The molecule has 8 nitrogen and oxygen atoms in total. The molecule has 0 fully saturated rings. The lowest BCUT2D eigenvalue weighted by Crippen LogP contribution is -2.27. The quantitative estimate of drug-likeness (QED) is 0.545. The Morgan fingerprint density at radius 2 is 1.81 bits per heavy atom. The second kappa shape index (κ2) is 9.67. The topological polar surface area (TPSA) is 98.1 Å². The second-order valence-corrected chi connectivity index (χ2v) is 8.53. The van der Waals surface area contributed by atoms with E-state index in [2.05, 4.69) is 4.72 Å². The van der Waals surface area contributed by atoms with Crippen molar-refractivity contribution in [1.82, 2.24) is 9.62 Å². The van der Waals surface area contributed by atoms with Crippen LogP contribution >= 0.6 is 0 Å². The summed E-state index contributed by atoms with van der Waals surface area (Å²) < 4.78 is 43.0. The molecule has 164 valence electrons. The number of sulfonamides is 1. The number of carbonyl (C=O) groups is 1. The van der Waals surface area contributed by atoms with Crippen molar-refractivity contribution in [2.24, 2.45) is 0 Å². The molecule has 0 spiro atoms. The number of hydrogen-bond acceptors (Lipinski definition) is 6. The van der Waals surface area contributed by atoms with Gasteiger partial charge < -0.3 is 18.8 Å². The van der Waals surface area contributed by atoms with Gasteiger partial charge in [0.25, 0.3) is 5.91 Å². The second-order valence-electron chi connectivity index (χ2n) is 6.77. The van der Waals surface area contributed by atoms with Gasteiger partial charge in [-0.15, -0.1) is 0 Å². The molecule has 1 amide bonds. The molecule has 1 heterocycles. The molecule has 9 heteroatoms. The Bertz CT molecular complexity index is 1130. The van der Waals surface area contributed by atoms with E-state index in [0.29, 0.717) is 29.4 Å². The first-order valence-corrected chi connectivity index (χ1v) is 10.9. The molecular weight excluding hydrogens is 420 g/mol. The Balaban J connectivity index is 1.68. The van der Waals surface area contributed by atoms with Crippen LogP contribution in [0.5, 0.6) is 11.5 Å². The lowest BCUT2D eigenvalue weighted by Gasteiger charge is -2.19. The van der Waals surface area contributed by atoms with E-state index in [1.807, 2.05) is 6.07 Å². The highest BCUT2D eigenvalue weighted by molar-refractivity contribution is 7.89. The summed E-state index contributed by atoms with van der Waals surface area (Å²) in [6, 6.07) is 14.5. The summed E-state index contributed by atoms with van der Waals surface area (Å²) in [6.07, 6.45) is 1.47. The lowest BCUT2D eigenvalue weighted by atomic mass is 10.1. The van der Waals surface area contributed by atoms with Crippen molar-refractivity contribution in [3.8, 4) is 11.5 Å². The van der Waals surface area contributed by atoms with Gasteiger partial charge in [0.2, 0.25) is 10.0 Å². The van der Waals surface area contributed by atoms with Crippen molar-refractivity contribution in [3.05, 3.63) is 77.7 Å². The number of methoxy groups -OCH3 is 2. The highest BCUT2D eigenvalue weighted by Gasteiger charge is 2.18. The largest absolute Gasteiger partial charge is 0.497 e. The summed E-state index contributed by atoms with van der Waals surface area (Å²) in [6.45, 7) is 0.360. The highest BCUT2D eigenvalue weighted by atomic mass is 32.2. The summed E-state index contributed by atoms with van der Waals surface area (Å²) in [5, 5.41) is 0. The van der Waals surface area contributed by atoms with Crippen LogP contribution in [0.2, 0.25) is 0 Å². The number of benzene rings is 2. The molecule has 0 unspecified atom stereocenters. The van der Waals surface area contributed by atoms with Crippen LogP contribution in [-0.2, 0) is 23.1 Å². The molecule has 0 aliphatic carbocycles. The number of nitrogens with one attached hydrogen (secondary N) is 1. The van der Waals surface area contributed by atoms with E-state index in [-0.39, 0.29) is 17.3 Å². The van der Waals surface area contributed by atoms with Gasteiger partial charge in [-0.25, -0.2) is 13.1 Å². The Morgan fingerprint density at radius 1 is 1.06 bits per heavy atom. The van der Waals surface area contributed by atoms with E-state index in [0.717, 1.165) is 5.56 Å². The van der Waals surface area contributed by atoms with E-state index in [4.69, 9.17) is 13.9 Å². The molecule has 0 aliphatic rings. The van der Waals surface area contributed by atoms with Crippen LogP contribution < -0.4 is 14.2 Å². The van der Waals surface area contributed by atoms with Crippen molar-refractivity contribution in [3.63, 3.8) is 0 Å². The van der Waals surface area contributed by atoms with Crippen LogP contribution in [0.1, 0.15) is 21.7 Å². The summed E-state index contributed by atoms with van der Waals surface area (Å²) in [4.78, 5) is 14.4. The normalized spacial score (nSPS) is 11.2. The number of nitrogens with zero attached hydrogens (tertiary/aromatic N) is 1. The van der Waals surface area contributed by atoms with E-state index >= 15 is 0 Å². The maximum absolute atomic E-state index is 12.8. The standard InChI is InChI=1S/C22H24N2O6S/c1-24(15-17-6-9-18(28-2)13-21(17)29-3)22(25)16-7-10-20(11-8-16)31(26,27)23-14-19-5-4-12-30-19/h4-13,23H,14-15H2,1-3H3. The zero-order chi connectivity index (χ0) is 22.4. The minimum absolute atomic E-state index is 0.0441. The number of amides is 1. The van der Waals surface area contributed by atoms with Crippen molar-refractivity contribution in [1.29, 1.82) is 0 Å². The van der Waals surface area contributed by atoms with E-state index in [1.165, 1.54) is 35.4 Å². The fourth-order valence-electron chi connectivity index (χ4n) is 2.97. The van der Waals surface area contributed by atoms with Crippen LogP contribution in [0.15, 0.2) is 70.2 Å². The predicted molar refractivity (Wildman–Crippen MR) is 115 cm³/mol. The Morgan fingerprint density at radius 3 is 2.42 bits per heavy atom. The van der Waals surface area contributed by atoms with E-state index < -0.39 is 10.0 Å². The SMILES string of the molecule is COc1ccc(CN(C)C(=O)c2ccc(S(=O)(=O)NCc3ccco3)cc2)c(OC)c1. The Labute approximate surface area is 181 Å². The van der Waals surface area contributed by atoms with Gasteiger partial charge in [-0.2, -0.15) is 0 Å². The fraction of sp³-hybridized carbons (Fsp3) is 0.227. The Hall–Kier alpha value is -3.30. The Kier molecular flexibility index (Phi) is 6.98. The minimum Gasteiger partial charge on any atom is -0.497 e. The average molecular weight is 445 g/mol. The van der Waals surface area contributed by atoms with E-state index in [1.54, 1.807) is 45.5 Å². The van der Waals surface area contributed by atoms with Crippen LogP contribution in [0, 0.1) is 0 Å². The molecule has 0 saturated heterocycles. The number of furan rings is 1. The molecular formula is C22H24N2O6S. The molecule has 2 aromatic carbocycles. The first-order valence-electron chi connectivity index (χ1n) is 9.42. The van der Waals surface area contributed by atoms with Crippen molar-refractivity contribution in [2.75, 3.05) is 21.3 Å². The smallest absolute Gasteiger partial charge is 0.253 e. The summed E-state index contributed by atoms with van der Waals surface area (Å²) in [5.74, 6) is 1.53. The van der Waals surface area contributed by atoms with Gasteiger partial charge in [0, 0.05) is 30.8 Å². The van der Waals surface area contributed by atoms with Gasteiger partial charge in [0.15, 0.2) is 0 Å².